The van der Waals surface area contributed by atoms with Crippen LogP contribution in [0.4, 0.5) is 0 Å². The van der Waals surface area contributed by atoms with E-state index >= 15 is 0 Å². The molecule has 0 saturated heterocycles. The van der Waals surface area contributed by atoms with Crippen LogP contribution in [-0.4, -0.2) is 23.3 Å². The quantitative estimate of drug-likeness (QED) is 0.773. The fourth-order valence-corrected chi connectivity index (χ4v) is 2.71. The first-order chi connectivity index (χ1) is 11.8. The molecule has 0 aliphatic carbocycles. The Hall–Kier alpha value is -2.69. The predicted octanol–water partition coefficient (Wildman–Crippen LogP) is 4.51. The molecule has 0 fully saturated rings. The number of carbonyl (C=O) groups is 1. The van der Waals surface area contributed by atoms with Gasteiger partial charge in [0.05, 0.1) is 13.5 Å². The molecule has 0 atom stereocenters. The van der Waals surface area contributed by atoms with Gasteiger partial charge in [-0.2, -0.15) is 0 Å². The smallest absolute Gasteiger partial charge is 0.307 e. The van der Waals surface area contributed by atoms with Crippen molar-refractivity contribution in [2.45, 2.75) is 39.5 Å². The van der Waals surface area contributed by atoms with Gasteiger partial charge in [0.2, 0.25) is 0 Å². The molecule has 0 bridgehead atoms. The van der Waals surface area contributed by atoms with Crippen LogP contribution in [0.2, 0.25) is 0 Å². The van der Waals surface area contributed by atoms with Crippen molar-refractivity contribution in [3.63, 3.8) is 0 Å². The Morgan fingerprint density at radius 3 is 2.48 bits per heavy atom. The summed E-state index contributed by atoms with van der Waals surface area (Å²) < 4.78 is 11.5. The van der Waals surface area contributed by atoms with E-state index in [4.69, 9.17) is 14.6 Å². The zero-order valence-electron chi connectivity index (χ0n) is 15.0. The maximum Gasteiger partial charge on any atom is 0.307 e. The van der Waals surface area contributed by atoms with E-state index in [0.717, 1.165) is 11.1 Å². The van der Waals surface area contributed by atoms with Crippen LogP contribution in [0, 0.1) is 0 Å². The largest absolute Gasteiger partial charge is 0.508 e. The first kappa shape index (κ1) is 18.6. The van der Waals surface area contributed by atoms with Crippen molar-refractivity contribution < 1.29 is 24.5 Å². The van der Waals surface area contributed by atoms with Crippen molar-refractivity contribution in [2.75, 3.05) is 7.11 Å². The molecule has 0 amide bonds. The summed E-state index contributed by atoms with van der Waals surface area (Å²) in [7, 11) is 1.53. The Morgan fingerprint density at radius 1 is 1.20 bits per heavy atom. The lowest BCUT2D eigenvalue weighted by atomic mass is 10.0. The lowest BCUT2D eigenvalue weighted by molar-refractivity contribution is -0.136. The predicted molar refractivity (Wildman–Crippen MR) is 96.0 cm³/mol. The molecule has 2 aromatic carbocycles. The SMILES string of the molecule is CCc1cc(CC(=O)O)cc(OC)c1Oc1ccc(O)c(C(C)C)c1. The van der Waals surface area contributed by atoms with Crippen LogP contribution in [0.3, 0.4) is 0 Å². The average molecular weight is 344 g/mol. The summed E-state index contributed by atoms with van der Waals surface area (Å²) in [6.45, 7) is 5.97. The highest BCUT2D eigenvalue weighted by Gasteiger charge is 2.16. The van der Waals surface area contributed by atoms with E-state index in [0.29, 0.717) is 29.2 Å². The zero-order chi connectivity index (χ0) is 18.6. The average Bonchev–Trinajstić information content (AvgIpc) is 2.56. The second-order valence-corrected chi connectivity index (χ2v) is 6.19. The molecule has 2 aromatic rings. The molecule has 5 heteroatoms. The molecular weight excluding hydrogens is 320 g/mol. The maximum atomic E-state index is 11.0. The highest BCUT2D eigenvalue weighted by atomic mass is 16.5. The van der Waals surface area contributed by atoms with Crippen LogP contribution in [0.15, 0.2) is 30.3 Å². The summed E-state index contributed by atoms with van der Waals surface area (Å²) in [6, 6.07) is 8.64. The van der Waals surface area contributed by atoms with E-state index in [1.807, 2.05) is 32.9 Å². The molecule has 0 aromatic heterocycles. The number of benzene rings is 2. The van der Waals surface area contributed by atoms with E-state index in [1.165, 1.54) is 7.11 Å². The van der Waals surface area contributed by atoms with Gasteiger partial charge in [-0.05, 0) is 47.7 Å². The molecule has 25 heavy (non-hydrogen) atoms. The number of ether oxygens (including phenoxy) is 2. The molecule has 0 saturated carbocycles. The van der Waals surface area contributed by atoms with Gasteiger partial charge in [0, 0.05) is 5.56 Å². The minimum Gasteiger partial charge on any atom is -0.508 e. The van der Waals surface area contributed by atoms with Gasteiger partial charge in [-0.1, -0.05) is 26.8 Å². The molecular formula is C20H24O5. The number of aryl methyl sites for hydroxylation is 1. The van der Waals surface area contributed by atoms with Gasteiger partial charge in [-0.15, -0.1) is 0 Å². The zero-order valence-corrected chi connectivity index (χ0v) is 15.0. The molecule has 2 N–H and O–H groups in total. The number of phenols is 1. The monoisotopic (exact) mass is 344 g/mol. The molecule has 2 rings (SSSR count). The summed E-state index contributed by atoms with van der Waals surface area (Å²) in [5.74, 6) is 1.17. The second kappa shape index (κ2) is 7.92. The van der Waals surface area contributed by atoms with Crippen LogP contribution >= 0.6 is 0 Å². The number of aliphatic carboxylic acids is 1. The number of carboxylic acids is 1. The van der Waals surface area contributed by atoms with Gasteiger partial charge in [0.15, 0.2) is 11.5 Å². The van der Waals surface area contributed by atoms with E-state index in [2.05, 4.69) is 0 Å². The molecule has 134 valence electrons. The number of hydrogen-bond acceptors (Lipinski definition) is 4. The molecule has 0 radical (unpaired) electrons. The molecule has 5 nitrogen and oxygen atoms in total. The van der Waals surface area contributed by atoms with E-state index in [1.54, 1.807) is 18.2 Å². The fourth-order valence-electron chi connectivity index (χ4n) is 2.71. The number of methoxy groups -OCH3 is 1. The van der Waals surface area contributed by atoms with Gasteiger partial charge in [0.25, 0.3) is 0 Å². The van der Waals surface area contributed by atoms with Gasteiger partial charge in [0.1, 0.15) is 11.5 Å². The van der Waals surface area contributed by atoms with Crippen molar-refractivity contribution >= 4 is 5.97 Å². The minimum atomic E-state index is -0.891. The van der Waals surface area contributed by atoms with Crippen molar-refractivity contribution in [1.82, 2.24) is 0 Å². The topological polar surface area (TPSA) is 76.0 Å². The normalized spacial score (nSPS) is 10.8. The van der Waals surface area contributed by atoms with Gasteiger partial charge < -0.3 is 19.7 Å². The van der Waals surface area contributed by atoms with E-state index in [9.17, 15) is 9.90 Å². The third-order valence-electron chi connectivity index (χ3n) is 3.99. The lowest BCUT2D eigenvalue weighted by Gasteiger charge is -2.17. The lowest BCUT2D eigenvalue weighted by Crippen LogP contribution is -2.03. The minimum absolute atomic E-state index is 0.0691. The Balaban J connectivity index is 2.44. The Morgan fingerprint density at radius 2 is 1.92 bits per heavy atom. The molecule has 0 heterocycles. The summed E-state index contributed by atoms with van der Waals surface area (Å²) in [5, 5.41) is 19.0. The van der Waals surface area contributed by atoms with Crippen molar-refractivity contribution in [1.29, 1.82) is 0 Å². The summed E-state index contributed by atoms with van der Waals surface area (Å²) >= 11 is 0. The third-order valence-corrected chi connectivity index (χ3v) is 3.99. The number of hydrogen-bond donors (Lipinski definition) is 2. The molecule has 0 aliphatic rings. The van der Waals surface area contributed by atoms with Crippen LogP contribution in [0.1, 0.15) is 43.4 Å². The first-order valence-electron chi connectivity index (χ1n) is 8.28. The number of aromatic hydroxyl groups is 1. The molecule has 0 spiro atoms. The summed E-state index contributed by atoms with van der Waals surface area (Å²) in [6.07, 6.45) is 0.606. The standard InChI is InChI=1S/C20H24O5/c1-5-14-8-13(10-19(22)23)9-18(24-4)20(14)25-15-6-7-17(21)16(11-15)12(2)3/h6-9,11-12,21H,5,10H2,1-4H3,(H,22,23). The highest BCUT2D eigenvalue weighted by molar-refractivity contribution is 5.71. The number of phenolic OH excluding ortho intramolecular Hbond substituents is 1. The third kappa shape index (κ3) is 4.44. The van der Waals surface area contributed by atoms with Crippen molar-refractivity contribution in [2.24, 2.45) is 0 Å². The molecule has 0 aliphatic heterocycles. The molecule has 0 unspecified atom stereocenters. The Labute approximate surface area is 147 Å². The second-order valence-electron chi connectivity index (χ2n) is 6.19. The van der Waals surface area contributed by atoms with Crippen molar-refractivity contribution in [3.8, 4) is 23.0 Å². The maximum absolute atomic E-state index is 11.0. The van der Waals surface area contributed by atoms with Gasteiger partial charge in [-0.25, -0.2) is 0 Å². The van der Waals surface area contributed by atoms with Crippen molar-refractivity contribution in [3.05, 3.63) is 47.0 Å². The fraction of sp³-hybridized carbons (Fsp3) is 0.350. The van der Waals surface area contributed by atoms with Gasteiger partial charge >= 0.3 is 5.97 Å². The van der Waals surface area contributed by atoms with Crippen LogP contribution in [0.25, 0.3) is 0 Å². The van der Waals surface area contributed by atoms with E-state index < -0.39 is 5.97 Å². The first-order valence-corrected chi connectivity index (χ1v) is 8.28. The number of rotatable bonds is 7. The van der Waals surface area contributed by atoms with Crippen LogP contribution in [-0.2, 0) is 17.6 Å². The van der Waals surface area contributed by atoms with Gasteiger partial charge in [-0.3, -0.25) is 4.79 Å². The van der Waals surface area contributed by atoms with Crippen LogP contribution in [0.5, 0.6) is 23.0 Å². The highest BCUT2D eigenvalue weighted by Crippen LogP contribution is 2.38. The Kier molecular flexibility index (Phi) is 5.91. The Bertz CT molecular complexity index is 740. The summed E-state index contributed by atoms with van der Waals surface area (Å²) in [5.41, 5.74) is 2.34. The van der Waals surface area contributed by atoms with Crippen LogP contribution < -0.4 is 9.47 Å². The number of carboxylic acid groups (broad SMARTS) is 1. The summed E-state index contributed by atoms with van der Waals surface area (Å²) in [4.78, 5) is 11.0. The van der Waals surface area contributed by atoms with E-state index in [-0.39, 0.29) is 18.1 Å².